The van der Waals surface area contributed by atoms with E-state index >= 15 is 0 Å². The van der Waals surface area contributed by atoms with Crippen LogP contribution in [0.15, 0.2) is 54.7 Å². The Morgan fingerprint density at radius 1 is 1.15 bits per heavy atom. The maximum Gasteiger partial charge on any atom is 0.258 e. The van der Waals surface area contributed by atoms with Crippen molar-refractivity contribution in [3.05, 3.63) is 76.6 Å². The van der Waals surface area contributed by atoms with Crippen LogP contribution >= 0.6 is 11.6 Å². The molecule has 0 radical (unpaired) electrons. The zero-order valence-corrected chi connectivity index (χ0v) is 14.9. The van der Waals surface area contributed by atoms with E-state index in [1.165, 1.54) is 7.11 Å². The van der Waals surface area contributed by atoms with Crippen LogP contribution < -0.4 is 4.74 Å². The van der Waals surface area contributed by atoms with Crippen LogP contribution in [0.5, 0.6) is 5.75 Å². The van der Waals surface area contributed by atoms with Crippen molar-refractivity contribution in [2.24, 2.45) is 0 Å². The molecule has 0 saturated heterocycles. The standard InChI is InChI=1S/C20H16ClN3O2/c1-26-18-9-15(21)7-8-16(18)20(25)24-11-14-10-22-19(23-17(14)12-24)13-5-3-2-4-6-13/h2-10H,11-12H2,1H3. The second kappa shape index (κ2) is 6.77. The maximum absolute atomic E-state index is 12.9. The van der Waals surface area contributed by atoms with Crippen molar-refractivity contribution in [3.63, 3.8) is 0 Å². The normalized spacial score (nSPS) is 12.8. The Morgan fingerprint density at radius 3 is 2.73 bits per heavy atom. The van der Waals surface area contributed by atoms with E-state index in [1.54, 1.807) is 29.3 Å². The maximum atomic E-state index is 12.9. The number of methoxy groups -OCH3 is 1. The molecule has 2 aromatic carbocycles. The van der Waals surface area contributed by atoms with E-state index < -0.39 is 0 Å². The minimum Gasteiger partial charge on any atom is -0.496 e. The quantitative estimate of drug-likeness (QED) is 0.705. The van der Waals surface area contributed by atoms with Crippen molar-refractivity contribution in [2.75, 3.05) is 7.11 Å². The fraction of sp³-hybridized carbons (Fsp3) is 0.150. The number of hydrogen-bond donors (Lipinski definition) is 0. The number of hydrogen-bond acceptors (Lipinski definition) is 4. The lowest BCUT2D eigenvalue weighted by Gasteiger charge is -2.17. The molecule has 5 nitrogen and oxygen atoms in total. The summed E-state index contributed by atoms with van der Waals surface area (Å²) in [6, 6.07) is 14.8. The predicted molar refractivity (Wildman–Crippen MR) is 99.0 cm³/mol. The lowest BCUT2D eigenvalue weighted by atomic mass is 10.1. The molecule has 1 amide bonds. The smallest absolute Gasteiger partial charge is 0.258 e. The van der Waals surface area contributed by atoms with Crippen LogP contribution in [-0.2, 0) is 13.1 Å². The largest absolute Gasteiger partial charge is 0.496 e. The van der Waals surface area contributed by atoms with Gasteiger partial charge in [-0.25, -0.2) is 9.97 Å². The Bertz CT molecular complexity index is 976. The average molecular weight is 366 g/mol. The summed E-state index contributed by atoms with van der Waals surface area (Å²) in [4.78, 5) is 23.7. The van der Waals surface area contributed by atoms with Gasteiger partial charge in [0.05, 0.1) is 24.9 Å². The fourth-order valence-electron chi connectivity index (χ4n) is 3.04. The average Bonchev–Trinajstić information content (AvgIpc) is 3.11. The van der Waals surface area contributed by atoms with E-state index in [0.717, 1.165) is 16.8 Å². The van der Waals surface area contributed by atoms with E-state index in [2.05, 4.69) is 9.97 Å². The molecular weight excluding hydrogens is 350 g/mol. The van der Waals surface area contributed by atoms with Crippen molar-refractivity contribution in [3.8, 4) is 17.1 Å². The Kier molecular flexibility index (Phi) is 4.31. The fourth-order valence-corrected chi connectivity index (χ4v) is 3.20. The molecule has 0 unspecified atom stereocenters. The van der Waals surface area contributed by atoms with Crippen LogP contribution in [0.1, 0.15) is 21.6 Å². The van der Waals surface area contributed by atoms with Crippen molar-refractivity contribution < 1.29 is 9.53 Å². The molecule has 0 atom stereocenters. The van der Waals surface area contributed by atoms with Crippen LogP contribution in [0.2, 0.25) is 5.02 Å². The van der Waals surface area contributed by atoms with Crippen LogP contribution in [0.25, 0.3) is 11.4 Å². The number of fused-ring (bicyclic) bond motifs is 1. The first-order chi connectivity index (χ1) is 12.7. The number of aromatic nitrogens is 2. The molecule has 1 aliphatic heterocycles. The molecule has 4 rings (SSSR count). The molecule has 0 N–H and O–H groups in total. The van der Waals surface area contributed by atoms with Crippen molar-refractivity contribution >= 4 is 17.5 Å². The highest BCUT2D eigenvalue weighted by Gasteiger charge is 2.28. The summed E-state index contributed by atoms with van der Waals surface area (Å²) in [5.74, 6) is 1.02. The van der Waals surface area contributed by atoms with E-state index in [4.69, 9.17) is 16.3 Å². The molecule has 3 aromatic rings. The van der Waals surface area contributed by atoms with Crippen molar-refractivity contribution in [2.45, 2.75) is 13.1 Å². The summed E-state index contributed by atoms with van der Waals surface area (Å²) < 4.78 is 5.30. The number of carbonyl (C=O) groups excluding carboxylic acids is 1. The Morgan fingerprint density at radius 2 is 1.96 bits per heavy atom. The SMILES string of the molecule is COc1cc(Cl)ccc1C(=O)N1Cc2cnc(-c3ccccc3)nc2C1. The first-order valence-electron chi connectivity index (χ1n) is 8.19. The third-order valence-corrected chi connectivity index (χ3v) is 4.60. The number of ether oxygens (including phenoxy) is 1. The molecule has 1 aromatic heterocycles. The summed E-state index contributed by atoms with van der Waals surface area (Å²) in [5, 5.41) is 0.529. The van der Waals surface area contributed by atoms with Gasteiger partial charge in [0.15, 0.2) is 5.82 Å². The number of carbonyl (C=O) groups is 1. The summed E-state index contributed by atoms with van der Waals surface area (Å²) in [6.45, 7) is 0.928. The summed E-state index contributed by atoms with van der Waals surface area (Å²) in [7, 11) is 1.53. The highest BCUT2D eigenvalue weighted by molar-refractivity contribution is 6.30. The Labute approximate surface area is 156 Å². The van der Waals surface area contributed by atoms with Gasteiger partial charge in [-0.05, 0) is 18.2 Å². The van der Waals surface area contributed by atoms with Crippen molar-refractivity contribution in [1.29, 1.82) is 0 Å². The lowest BCUT2D eigenvalue weighted by molar-refractivity contribution is 0.0747. The minimum absolute atomic E-state index is 0.113. The van der Waals surface area contributed by atoms with E-state index in [9.17, 15) is 4.79 Å². The molecule has 0 aliphatic carbocycles. The third kappa shape index (κ3) is 3.02. The van der Waals surface area contributed by atoms with Crippen LogP contribution in [0, 0.1) is 0 Å². The first kappa shape index (κ1) is 16.5. The predicted octanol–water partition coefficient (Wildman–Crippen LogP) is 3.96. The molecule has 6 heteroatoms. The second-order valence-electron chi connectivity index (χ2n) is 6.04. The third-order valence-electron chi connectivity index (χ3n) is 4.37. The summed E-state index contributed by atoms with van der Waals surface area (Å²) >= 11 is 5.99. The monoisotopic (exact) mass is 365 g/mol. The second-order valence-corrected chi connectivity index (χ2v) is 6.47. The molecule has 0 spiro atoms. The van der Waals surface area contributed by atoms with Crippen LogP contribution in [0.3, 0.4) is 0 Å². The van der Waals surface area contributed by atoms with Gasteiger partial charge < -0.3 is 9.64 Å². The molecule has 26 heavy (non-hydrogen) atoms. The lowest BCUT2D eigenvalue weighted by Crippen LogP contribution is -2.25. The van der Waals surface area contributed by atoms with Crippen LogP contribution in [-0.4, -0.2) is 27.9 Å². The van der Waals surface area contributed by atoms with Gasteiger partial charge in [0.2, 0.25) is 0 Å². The van der Waals surface area contributed by atoms with Gasteiger partial charge in [0.25, 0.3) is 5.91 Å². The number of rotatable bonds is 3. The summed E-state index contributed by atoms with van der Waals surface area (Å²) in [5.41, 5.74) is 3.28. The van der Waals surface area contributed by atoms with Gasteiger partial charge >= 0.3 is 0 Å². The molecular formula is C20H16ClN3O2. The highest BCUT2D eigenvalue weighted by atomic mass is 35.5. The Balaban J connectivity index is 1.60. The van der Waals surface area contributed by atoms with Gasteiger partial charge in [-0.2, -0.15) is 0 Å². The summed E-state index contributed by atoms with van der Waals surface area (Å²) in [6.07, 6.45) is 1.80. The van der Waals surface area contributed by atoms with Gasteiger partial charge in [-0.3, -0.25) is 4.79 Å². The number of benzene rings is 2. The van der Waals surface area contributed by atoms with Gasteiger partial charge in [-0.15, -0.1) is 0 Å². The topological polar surface area (TPSA) is 55.3 Å². The number of halogens is 1. The zero-order valence-electron chi connectivity index (χ0n) is 14.1. The van der Waals surface area contributed by atoms with Gasteiger partial charge in [-0.1, -0.05) is 41.9 Å². The molecule has 0 fully saturated rings. The van der Waals surface area contributed by atoms with E-state index in [-0.39, 0.29) is 5.91 Å². The molecule has 0 bridgehead atoms. The molecule has 130 valence electrons. The molecule has 1 aliphatic rings. The number of nitrogens with zero attached hydrogens (tertiary/aromatic N) is 3. The van der Waals surface area contributed by atoms with E-state index in [1.807, 2.05) is 30.3 Å². The Hall–Kier alpha value is -2.92. The van der Waals surface area contributed by atoms with E-state index in [0.29, 0.717) is 35.2 Å². The number of amides is 1. The van der Waals surface area contributed by atoms with Crippen LogP contribution in [0.4, 0.5) is 0 Å². The first-order valence-corrected chi connectivity index (χ1v) is 8.56. The molecule has 2 heterocycles. The molecule has 0 saturated carbocycles. The van der Waals surface area contributed by atoms with Crippen molar-refractivity contribution in [1.82, 2.24) is 14.9 Å². The van der Waals surface area contributed by atoms with Gasteiger partial charge in [0.1, 0.15) is 5.75 Å². The highest BCUT2D eigenvalue weighted by Crippen LogP contribution is 2.29. The van der Waals surface area contributed by atoms with Gasteiger partial charge in [0, 0.05) is 28.9 Å². The zero-order chi connectivity index (χ0) is 18.1. The minimum atomic E-state index is -0.113.